The van der Waals surface area contributed by atoms with Gasteiger partial charge in [-0.05, 0) is 75.4 Å². The minimum atomic E-state index is -2.41. The first-order valence-corrected chi connectivity index (χ1v) is 24.2. The first-order chi connectivity index (χ1) is 35.5. The number of allylic oxidation sites excluding steroid dienone is 1. The van der Waals surface area contributed by atoms with Gasteiger partial charge in [0.15, 0.2) is 30.1 Å². The predicted octanol–water partition coefficient (Wildman–Crippen LogP) is 7.84. The number of esters is 2. The Kier molecular flexibility index (Phi) is 16.6. The van der Waals surface area contributed by atoms with E-state index in [2.05, 4.69) is 20.8 Å². The summed E-state index contributed by atoms with van der Waals surface area (Å²) in [6.07, 6.45) is -3.52. The van der Waals surface area contributed by atoms with Crippen LogP contribution in [0.2, 0.25) is 0 Å². The Labute approximate surface area is 426 Å². The number of aryl methyl sites for hydroxylation is 1. The Morgan fingerprint density at radius 3 is 1.67 bits per heavy atom. The minimum absolute atomic E-state index is 0.141. The molecule has 0 bridgehead atoms. The number of benzene rings is 6. The van der Waals surface area contributed by atoms with Gasteiger partial charge in [0.25, 0.3) is 11.6 Å². The van der Waals surface area contributed by atoms with Crippen molar-refractivity contribution in [1.29, 1.82) is 0 Å². The number of hydrogen-bond acceptors (Lipinski definition) is 14. The molecule has 0 aliphatic carbocycles. The number of carbonyl (C=O) groups excluding carboxylic acids is 5. The molecule has 17 heteroatoms. The summed E-state index contributed by atoms with van der Waals surface area (Å²) in [5, 5.41) is 14.4. The lowest BCUT2D eigenvalue weighted by molar-refractivity contribution is -0.254. The lowest BCUT2D eigenvalue weighted by atomic mass is 9.92. The molecule has 1 fully saturated rings. The van der Waals surface area contributed by atoms with Crippen LogP contribution in [0.3, 0.4) is 0 Å². The molecule has 3 atom stereocenters. The number of Topliss-reactive ketones (excluding diaryl/α,β-unsaturated/α-hetero) is 1. The summed E-state index contributed by atoms with van der Waals surface area (Å²) >= 11 is 1.06. The van der Waals surface area contributed by atoms with E-state index in [1.165, 1.54) is 11.8 Å². The van der Waals surface area contributed by atoms with Gasteiger partial charge in [0, 0.05) is 14.2 Å². The molecule has 1 aliphatic rings. The number of hydrogen-bond donors (Lipinski definition) is 1. The third-order valence-electron chi connectivity index (χ3n) is 11.8. The third-order valence-corrected chi connectivity index (χ3v) is 12.9. The van der Waals surface area contributed by atoms with Crippen molar-refractivity contribution in [3.05, 3.63) is 221 Å². The first kappa shape index (κ1) is 51.1. The van der Waals surface area contributed by atoms with E-state index < -0.39 is 66.2 Å². The summed E-state index contributed by atoms with van der Waals surface area (Å²) in [7, 11) is 2.79. The average Bonchev–Trinajstić information content (AvgIpc) is 3.84. The molecule has 0 radical (unpaired) electrons. The summed E-state index contributed by atoms with van der Waals surface area (Å²) in [6.45, 7) is 2.86. The van der Waals surface area contributed by atoms with Gasteiger partial charge in [-0.25, -0.2) is 9.48 Å². The molecule has 7 aromatic rings. The minimum Gasteiger partial charge on any atom is -0.489 e. The van der Waals surface area contributed by atoms with Crippen LogP contribution in [0, 0.1) is 0 Å². The Bertz CT molecular complexity index is 2950. The number of β-lactam (4-membered cyclic amide) rings is 1. The van der Waals surface area contributed by atoms with Gasteiger partial charge in [-0.2, -0.15) is 0 Å². The quantitative estimate of drug-likeness (QED) is 0.0173. The molecular formula is C56H52N6O10S. The van der Waals surface area contributed by atoms with Crippen LogP contribution in [0.25, 0.3) is 0 Å². The molecule has 6 aromatic carbocycles. The van der Waals surface area contributed by atoms with Crippen LogP contribution in [0.4, 0.5) is 0 Å². The van der Waals surface area contributed by atoms with E-state index in [1.54, 1.807) is 69.4 Å². The molecule has 2 amide bonds. The summed E-state index contributed by atoms with van der Waals surface area (Å²) in [4.78, 5) is 74.2. The van der Waals surface area contributed by atoms with Crippen LogP contribution in [0.1, 0.15) is 65.4 Å². The highest BCUT2D eigenvalue weighted by atomic mass is 32.2. The second kappa shape index (κ2) is 23.8. The number of tetrazole rings is 1. The predicted molar refractivity (Wildman–Crippen MR) is 269 cm³/mol. The lowest BCUT2D eigenvalue weighted by Gasteiger charge is -2.53. The maximum Gasteiger partial charge on any atom is 0.356 e. The number of amides is 2. The molecule has 73 heavy (non-hydrogen) atoms. The molecule has 1 N–H and O–H groups in total. The Morgan fingerprint density at radius 2 is 1.19 bits per heavy atom. The summed E-state index contributed by atoms with van der Waals surface area (Å²) < 4.78 is 32.2. The molecule has 1 aliphatic heterocycles. The molecule has 8 rings (SSSR count). The van der Waals surface area contributed by atoms with Crippen LogP contribution in [0.5, 0.6) is 5.75 Å². The van der Waals surface area contributed by atoms with E-state index in [9.17, 15) is 14.4 Å². The first-order valence-electron chi connectivity index (χ1n) is 23.2. The number of nitrogens with zero attached hydrogens (tertiary/aromatic N) is 5. The zero-order chi connectivity index (χ0) is 51.3. The number of ketones is 1. The van der Waals surface area contributed by atoms with Crippen LogP contribution >= 0.6 is 11.8 Å². The highest BCUT2D eigenvalue weighted by Gasteiger charge is 2.67. The van der Waals surface area contributed by atoms with Crippen LogP contribution < -0.4 is 10.1 Å². The fourth-order valence-electron chi connectivity index (χ4n) is 8.18. The van der Waals surface area contributed by atoms with Crippen molar-refractivity contribution in [1.82, 2.24) is 30.4 Å². The molecule has 3 unspecified atom stereocenters. The SMILES string of the molecule is COC1(NC(=O)C(C(=O)OC(c2ccccc2)c2ccccc2)c2ccc(OCc3ccccc3)cc2)C(=O)N(C(C(=O)OC(c2ccccc2)c2ccccc2)=C(C)C)C1OCC(=O)CSc1nnnn1C. The van der Waals surface area contributed by atoms with Crippen molar-refractivity contribution in [3.63, 3.8) is 0 Å². The number of thioether (sulfide) groups is 1. The van der Waals surface area contributed by atoms with E-state index in [0.29, 0.717) is 38.7 Å². The van der Waals surface area contributed by atoms with E-state index in [1.807, 2.05) is 127 Å². The maximum absolute atomic E-state index is 15.2. The highest BCUT2D eigenvalue weighted by molar-refractivity contribution is 7.99. The summed E-state index contributed by atoms with van der Waals surface area (Å²) in [6, 6.07) is 52.2. The van der Waals surface area contributed by atoms with Gasteiger partial charge in [-0.1, -0.05) is 176 Å². The smallest absolute Gasteiger partial charge is 0.356 e. The number of ether oxygens (including phenoxy) is 5. The Morgan fingerprint density at radius 1 is 0.685 bits per heavy atom. The van der Waals surface area contributed by atoms with Crippen LogP contribution in [0.15, 0.2) is 192 Å². The Hall–Kier alpha value is -8.25. The van der Waals surface area contributed by atoms with E-state index in [-0.39, 0.29) is 23.6 Å². The van der Waals surface area contributed by atoms with Crippen LogP contribution in [-0.2, 0) is 56.6 Å². The van der Waals surface area contributed by atoms with Gasteiger partial charge in [-0.3, -0.25) is 24.1 Å². The molecule has 2 heterocycles. The zero-order valence-corrected chi connectivity index (χ0v) is 41.2. The van der Waals surface area contributed by atoms with E-state index in [4.69, 9.17) is 23.7 Å². The van der Waals surface area contributed by atoms with Crippen molar-refractivity contribution in [2.45, 2.75) is 55.7 Å². The standard InChI is InChI=1S/C56H52N6O10S/c1-37(2)47(52(66)72-49(42-26-16-8-17-27-42)43-28-18-9-19-29-43)62-53(67)56(68-4,54(62)70-35-44(63)36-73-55-58-59-60-61(55)3)57-50(64)46(39-30-32-45(33-31-39)69-34-38-20-10-5-11-21-38)51(65)71-48(40-22-12-6-13-23-40)41-24-14-7-15-25-41/h5-33,46,48-49,54H,34-36H2,1-4H3,(H,57,64). The normalized spacial score (nSPS) is 15.5. The fraction of sp³-hybridized carbons (Fsp3) is 0.214. The molecule has 1 saturated heterocycles. The third kappa shape index (κ3) is 11.9. The van der Waals surface area contributed by atoms with Gasteiger partial charge >= 0.3 is 11.9 Å². The average molecular weight is 1000 g/mol. The van der Waals surface area contributed by atoms with Gasteiger partial charge < -0.3 is 29.0 Å². The van der Waals surface area contributed by atoms with E-state index in [0.717, 1.165) is 22.2 Å². The monoisotopic (exact) mass is 1000 g/mol. The number of rotatable bonds is 22. The largest absolute Gasteiger partial charge is 0.489 e. The zero-order valence-electron chi connectivity index (χ0n) is 40.4. The van der Waals surface area contributed by atoms with Crippen molar-refractivity contribution < 1.29 is 47.7 Å². The highest BCUT2D eigenvalue weighted by Crippen LogP contribution is 2.40. The number of nitrogens with one attached hydrogen (secondary N) is 1. The van der Waals surface area contributed by atoms with Crippen molar-refractivity contribution >= 4 is 41.3 Å². The van der Waals surface area contributed by atoms with Crippen molar-refractivity contribution in [2.75, 3.05) is 19.5 Å². The van der Waals surface area contributed by atoms with Crippen LogP contribution in [-0.4, -0.2) is 86.1 Å². The number of carbonyl (C=O) groups is 5. The van der Waals surface area contributed by atoms with Gasteiger partial charge in [0.05, 0.1) is 5.75 Å². The molecule has 1 aromatic heterocycles. The summed E-state index contributed by atoms with van der Waals surface area (Å²) in [5.74, 6) is -5.70. The van der Waals surface area contributed by atoms with E-state index >= 15 is 9.59 Å². The number of methoxy groups -OCH3 is 1. The Balaban J connectivity index is 1.13. The van der Waals surface area contributed by atoms with Gasteiger partial charge in [0.2, 0.25) is 11.1 Å². The topological polar surface area (TPSA) is 190 Å². The number of likely N-dealkylation sites (tertiary alicyclic amines) is 1. The van der Waals surface area contributed by atoms with Gasteiger partial charge in [0.1, 0.15) is 24.7 Å². The fourth-order valence-corrected chi connectivity index (χ4v) is 8.87. The molecular weight excluding hydrogens is 949 g/mol. The molecule has 0 saturated carbocycles. The maximum atomic E-state index is 15.2. The van der Waals surface area contributed by atoms with Crippen molar-refractivity contribution in [2.24, 2.45) is 7.05 Å². The molecule has 16 nitrogen and oxygen atoms in total. The van der Waals surface area contributed by atoms with Crippen molar-refractivity contribution in [3.8, 4) is 5.75 Å². The number of aromatic nitrogens is 4. The van der Waals surface area contributed by atoms with Gasteiger partial charge in [-0.15, -0.1) is 5.10 Å². The molecule has 372 valence electrons. The lowest BCUT2D eigenvalue weighted by Crippen LogP contribution is -2.82. The second-order valence-electron chi connectivity index (χ2n) is 17.0. The second-order valence-corrected chi connectivity index (χ2v) is 18.0. The molecule has 0 spiro atoms. The summed E-state index contributed by atoms with van der Waals surface area (Å²) in [5.41, 5.74) is 1.42.